The molecule has 1 fully saturated rings. The van der Waals surface area contributed by atoms with Crippen molar-refractivity contribution in [2.75, 3.05) is 20.6 Å². The summed E-state index contributed by atoms with van der Waals surface area (Å²) in [5, 5.41) is 9.31. The van der Waals surface area contributed by atoms with E-state index in [1.54, 1.807) is 20.3 Å². The molecule has 0 radical (unpaired) electrons. The van der Waals surface area contributed by atoms with Crippen molar-refractivity contribution in [3.05, 3.63) is 59.3 Å². The van der Waals surface area contributed by atoms with E-state index in [9.17, 15) is 4.79 Å². The molecule has 0 bridgehead atoms. The van der Waals surface area contributed by atoms with Crippen molar-refractivity contribution < 1.29 is 9.53 Å². The van der Waals surface area contributed by atoms with E-state index in [4.69, 9.17) is 4.74 Å². The van der Waals surface area contributed by atoms with Crippen molar-refractivity contribution >= 4 is 11.9 Å². The largest absolute Gasteiger partial charge is 0.474 e. The smallest absolute Gasteiger partial charge is 0.251 e. The second-order valence-electron chi connectivity index (χ2n) is 7.76. The van der Waals surface area contributed by atoms with E-state index in [2.05, 4.69) is 25.9 Å². The zero-order valence-electron chi connectivity index (χ0n) is 18.5. The zero-order valence-corrected chi connectivity index (χ0v) is 18.5. The van der Waals surface area contributed by atoms with E-state index >= 15 is 0 Å². The number of pyridine rings is 1. The summed E-state index contributed by atoms with van der Waals surface area (Å²) in [5.74, 6) is 1.36. The van der Waals surface area contributed by atoms with Gasteiger partial charge in [-0.25, -0.2) is 4.98 Å². The molecule has 2 aromatic rings. The molecule has 0 atom stereocenters. The Morgan fingerprint density at radius 3 is 2.74 bits per heavy atom. The Morgan fingerprint density at radius 2 is 1.97 bits per heavy atom. The van der Waals surface area contributed by atoms with E-state index in [0.717, 1.165) is 36.3 Å². The van der Waals surface area contributed by atoms with Crippen LogP contribution in [0.2, 0.25) is 0 Å². The fraction of sp³-hybridized carbons (Fsp3) is 0.458. The minimum Gasteiger partial charge on any atom is -0.474 e. The standard InChI is InChI=1S/C24H33N5O2/c1-25-23(30)20-8-6-7-18(15-20)11-14-28-24(26-2)29-17-19-12-13-27-22(16-19)31-21-9-4-3-5-10-21/h6-8,12-13,15-16,21H,3-5,9-11,14,17H2,1-2H3,(H,25,30)(H2,26,28,29). The maximum Gasteiger partial charge on any atom is 0.251 e. The minimum atomic E-state index is -0.0727. The molecule has 1 aliphatic carbocycles. The van der Waals surface area contributed by atoms with Crippen LogP contribution < -0.4 is 20.7 Å². The van der Waals surface area contributed by atoms with Gasteiger partial charge in [0.25, 0.3) is 5.91 Å². The summed E-state index contributed by atoms with van der Waals surface area (Å²) in [6.45, 7) is 1.35. The van der Waals surface area contributed by atoms with E-state index in [1.165, 1.54) is 19.3 Å². The van der Waals surface area contributed by atoms with Gasteiger partial charge in [-0.15, -0.1) is 0 Å². The Bertz CT molecular complexity index is 878. The molecule has 0 aliphatic heterocycles. The predicted octanol–water partition coefficient (Wildman–Crippen LogP) is 3.06. The van der Waals surface area contributed by atoms with Crippen molar-refractivity contribution in [2.24, 2.45) is 4.99 Å². The highest BCUT2D eigenvalue weighted by Crippen LogP contribution is 2.22. The molecular formula is C24H33N5O2. The first-order valence-corrected chi connectivity index (χ1v) is 11.0. The number of carbonyl (C=O) groups is 1. The topological polar surface area (TPSA) is 87.6 Å². The van der Waals surface area contributed by atoms with Crippen LogP contribution in [0, 0.1) is 0 Å². The number of aromatic nitrogens is 1. The maximum absolute atomic E-state index is 11.8. The van der Waals surface area contributed by atoms with Crippen LogP contribution in [0.4, 0.5) is 0 Å². The fourth-order valence-corrected chi connectivity index (χ4v) is 3.72. The van der Waals surface area contributed by atoms with Gasteiger partial charge in [0.05, 0.1) is 0 Å². The highest BCUT2D eigenvalue weighted by molar-refractivity contribution is 5.94. The van der Waals surface area contributed by atoms with Crippen LogP contribution in [0.25, 0.3) is 0 Å². The molecule has 1 aromatic carbocycles. The number of rotatable bonds is 8. The molecule has 1 amide bonds. The van der Waals surface area contributed by atoms with Crippen LogP contribution in [0.1, 0.15) is 53.6 Å². The Kier molecular flexibility index (Phi) is 8.70. The minimum absolute atomic E-state index is 0.0727. The third-order valence-corrected chi connectivity index (χ3v) is 5.44. The van der Waals surface area contributed by atoms with Crippen LogP contribution >= 0.6 is 0 Å². The second-order valence-corrected chi connectivity index (χ2v) is 7.76. The highest BCUT2D eigenvalue weighted by atomic mass is 16.5. The van der Waals surface area contributed by atoms with Crippen LogP contribution in [0.5, 0.6) is 5.88 Å². The van der Waals surface area contributed by atoms with E-state index < -0.39 is 0 Å². The highest BCUT2D eigenvalue weighted by Gasteiger charge is 2.15. The molecule has 7 nitrogen and oxygen atoms in total. The third-order valence-electron chi connectivity index (χ3n) is 5.44. The number of amides is 1. The molecule has 7 heteroatoms. The first-order valence-electron chi connectivity index (χ1n) is 11.0. The van der Waals surface area contributed by atoms with Crippen molar-refractivity contribution in [2.45, 2.75) is 51.2 Å². The molecule has 0 saturated heterocycles. The second kappa shape index (κ2) is 11.9. The Hall–Kier alpha value is -3.09. The van der Waals surface area contributed by atoms with Crippen LogP contribution in [0.15, 0.2) is 47.6 Å². The van der Waals surface area contributed by atoms with Gasteiger partial charge in [-0.1, -0.05) is 18.6 Å². The number of nitrogens with one attached hydrogen (secondary N) is 3. The SMILES string of the molecule is CN=C(NCCc1cccc(C(=O)NC)c1)NCc1ccnc(OC2CCCCC2)c1. The lowest BCUT2D eigenvalue weighted by Crippen LogP contribution is -2.37. The molecule has 3 rings (SSSR count). The number of nitrogens with zero attached hydrogens (tertiary/aromatic N) is 2. The van der Waals surface area contributed by atoms with Crippen molar-refractivity contribution in [3.63, 3.8) is 0 Å². The lowest BCUT2D eigenvalue weighted by Gasteiger charge is -2.22. The summed E-state index contributed by atoms with van der Waals surface area (Å²) in [6.07, 6.45) is 8.90. The Labute approximate surface area is 184 Å². The number of benzene rings is 1. The zero-order chi connectivity index (χ0) is 21.9. The quantitative estimate of drug-likeness (QED) is 0.449. The summed E-state index contributed by atoms with van der Waals surface area (Å²) in [7, 11) is 3.39. The van der Waals surface area contributed by atoms with E-state index in [0.29, 0.717) is 30.6 Å². The average Bonchev–Trinajstić information content (AvgIpc) is 2.82. The summed E-state index contributed by atoms with van der Waals surface area (Å²) < 4.78 is 6.06. The third kappa shape index (κ3) is 7.27. The van der Waals surface area contributed by atoms with Crippen LogP contribution in [0.3, 0.4) is 0 Å². The maximum atomic E-state index is 11.8. The Balaban J connectivity index is 1.45. The molecule has 31 heavy (non-hydrogen) atoms. The number of guanidine groups is 1. The van der Waals surface area contributed by atoms with Gasteiger partial charge in [-0.3, -0.25) is 9.79 Å². The lowest BCUT2D eigenvalue weighted by molar-refractivity contribution is 0.0963. The van der Waals surface area contributed by atoms with Gasteiger partial charge in [-0.05, 0) is 61.4 Å². The number of hydrogen-bond donors (Lipinski definition) is 3. The first kappa shape index (κ1) is 22.6. The van der Waals surface area contributed by atoms with Gasteiger partial charge in [0.2, 0.25) is 5.88 Å². The summed E-state index contributed by atoms with van der Waals surface area (Å²) in [5.41, 5.74) is 2.87. The molecule has 1 heterocycles. The summed E-state index contributed by atoms with van der Waals surface area (Å²) in [6, 6.07) is 11.6. The lowest BCUT2D eigenvalue weighted by atomic mass is 9.98. The van der Waals surface area contributed by atoms with Crippen LogP contribution in [-0.2, 0) is 13.0 Å². The Morgan fingerprint density at radius 1 is 1.13 bits per heavy atom. The number of carbonyl (C=O) groups excluding carboxylic acids is 1. The first-order chi connectivity index (χ1) is 15.2. The fourth-order valence-electron chi connectivity index (χ4n) is 3.72. The average molecular weight is 424 g/mol. The molecular weight excluding hydrogens is 390 g/mol. The molecule has 1 aromatic heterocycles. The molecule has 166 valence electrons. The van der Waals surface area contributed by atoms with E-state index in [-0.39, 0.29) is 5.91 Å². The molecule has 1 aliphatic rings. The predicted molar refractivity (Wildman–Crippen MR) is 123 cm³/mol. The van der Waals surface area contributed by atoms with Crippen LogP contribution in [-0.4, -0.2) is 43.6 Å². The molecule has 1 saturated carbocycles. The monoisotopic (exact) mass is 423 g/mol. The number of aliphatic imine (C=N–C) groups is 1. The molecule has 3 N–H and O–H groups in total. The molecule has 0 spiro atoms. The van der Waals surface area contributed by atoms with Gasteiger partial charge >= 0.3 is 0 Å². The molecule has 0 unspecified atom stereocenters. The summed E-state index contributed by atoms with van der Waals surface area (Å²) >= 11 is 0. The normalized spacial score (nSPS) is 14.7. The van der Waals surface area contributed by atoms with E-state index in [1.807, 2.05) is 36.4 Å². The number of ether oxygens (including phenoxy) is 1. The number of hydrogen-bond acceptors (Lipinski definition) is 4. The van der Waals surface area contributed by atoms with Crippen molar-refractivity contribution in [3.8, 4) is 5.88 Å². The van der Waals surface area contributed by atoms with Gasteiger partial charge in [-0.2, -0.15) is 0 Å². The van der Waals surface area contributed by atoms with Gasteiger partial charge < -0.3 is 20.7 Å². The van der Waals surface area contributed by atoms with Gasteiger partial charge in [0.1, 0.15) is 6.10 Å². The summed E-state index contributed by atoms with van der Waals surface area (Å²) in [4.78, 5) is 20.4. The van der Waals surface area contributed by atoms with Crippen molar-refractivity contribution in [1.29, 1.82) is 0 Å². The van der Waals surface area contributed by atoms with Gasteiger partial charge in [0.15, 0.2) is 5.96 Å². The van der Waals surface area contributed by atoms with Crippen molar-refractivity contribution in [1.82, 2.24) is 20.9 Å². The van der Waals surface area contributed by atoms with Gasteiger partial charge in [0, 0.05) is 45.0 Å².